The van der Waals surface area contributed by atoms with Crippen molar-refractivity contribution >= 4 is 23.3 Å². The standard InChI is InChI=1S/C7H9NOS/c1-5(2)6(3)7(9)8-4-10/h1-3H3. The summed E-state index contributed by atoms with van der Waals surface area (Å²) in [5, 5.41) is 2.03. The molecule has 0 aromatic heterocycles. The second-order valence-corrected chi connectivity index (χ2v) is 2.32. The van der Waals surface area contributed by atoms with Crippen LogP contribution in [0.2, 0.25) is 0 Å². The Balaban J connectivity index is 4.53. The molecule has 54 valence electrons. The average Bonchev–Trinajstić information content (AvgIpc) is 1.87. The Kier molecular flexibility index (Phi) is 3.77. The van der Waals surface area contributed by atoms with Gasteiger partial charge in [0.2, 0.25) is 0 Å². The van der Waals surface area contributed by atoms with Gasteiger partial charge >= 0.3 is 0 Å². The summed E-state index contributed by atoms with van der Waals surface area (Å²) in [6, 6.07) is 0. The van der Waals surface area contributed by atoms with Crippen LogP contribution >= 0.6 is 12.2 Å². The van der Waals surface area contributed by atoms with Crippen molar-refractivity contribution in [3.05, 3.63) is 11.1 Å². The summed E-state index contributed by atoms with van der Waals surface area (Å²) < 4.78 is 0. The third-order valence-electron chi connectivity index (χ3n) is 1.22. The van der Waals surface area contributed by atoms with E-state index in [2.05, 4.69) is 17.2 Å². The van der Waals surface area contributed by atoms with Crippen molar-refractivity contribution in [2.75, 3.05) is 0 Å². The van der Waals surface area contributed by atoms with Crippen molar-refractivity contribution in [2.45, 2.75) is 20.8 Å². The third kappa shape index (κ3) is 2.67. The van der Waals surface area contributed by atoms with E-state index in [0.29, 0.717) is 5.57 Å². The zero-order chi connectivity index (χ0) is 8.15. The number of amides is 1. The predicted molar refractivity (Wildman–Crippen MR) is 44.1 cm³/mol. The maximum Gasteiger partial charge on any atom is 0.281 e. The molecule has 0 aliphatic rings. The summed E-state index contributed by atoms with van der Waals surface area (Å²) in [6.07, 6.45) is 0. The Morgan fingerprint density at radius 3 is 2.20 bits per heavy atom. The van der Waals surface area contributed by atoms with Crippen LogP contribution in [-0.4, -0.2) is 11.1 Å². The van der Waals surface area contributed by atoms with E-state index in [4.69, 9.17) is 0 Å². The van der Waals surface area contributed by atoms with E-state index in [1.165, 1.54) is 0 Å². The van der Waals surface area contributed by atoms with Crippen LogP contribution in [0, 0.1) is 0 Å². The first-order valence-electron chi connectivity index (χ1n) is 2.86. The molecule has 0 saturated carbocycles. The van der Waals surface area contributed by atoms with Gasteiger partial charge in [-0.1, -0.05) is 5.57 Å². The maximum atomic E-state index is 10.8. The van der Waals surface area contributed by atoms with Gasteiger partial charge < -0.3 is 0 Å². The van der Waals surface area contributed by atoms with Crippen molar-refractivity contribution in [2.24, 2.45) is 4.99 Å². The monoisotopic (exact) mass is 155 g/mol. The lowest BCUT2D eigenvalue weighted by atomic mass is 10.2. The lowest BCUT2D eigenvalue weighted by Crippen LogP contribution is -1.95. The van der Waals surface area contributed by atoms with Crippen LogP contribution in [0.5, 0.6) is 0 Å². The van der Waals surface area contributed by atoms with Crippen molar-refractivity contribution in [3.63, 3.8) is 0 Å². The number of isothiocyanates is 1. The molecule has 3 heteroatoms. The minimum atomic E-state index is -0.296. The first-order chi connectivity index (χ1) is 4.59. The highest BCUT2D eigenvalue weighted by Crippen LogP contribution is 2.02. The van der Waals surface area contributed by atoms with E-state index < -0.39 is 0 Å². The number of allylic oxidation sites excluding steroid dienone is 1. The molecule has 0 atom stereocenters. The van der Waals surface area contributed by atoms with Gasteiger partial charge in [-0.15, -0.1) is 0 Å². The second kappa shape index (κ2) is 4.09. The van der Waals surface area contributed by atoms with Gasteiger partial charge in [-0.2, -0.15) is 4.99 Å². The number of hydrogen-bond donors (Lipinski definition) is 0. The summed E-state index contributed by atoms with van der Waals surface area (Å²) in [4.78, 5) is 14.1. The van der Waals surface area contributed by atoms with Crippen LogP contribution < -0.4 is 0 Å². The number of thiocarbonyl (C=S) groups is 1. The highest BCUT2D eigenvalue weighted by Gasteiger charge is 2.01. The van der Waals surface area contributed by atoms with Gasteiger partial charge in [0, 0.05) is 5.57 Å². The number of nitrogens with zero attached hydrogens (tertiary/aromatic N) is 1. The van der Waals surface area contributed by atoms with Gasteiger partial charge in [0.15, 0.2) is 0 Å². The van der Waals surface area contributed by atoms with E-state index in [9.17, 15) is 4.79 Å². The minimum absolute atomic E-state index is 0.296. The van der Waals surface area contributed by atoms with Gasteiger partial charge in [-0.25, -0.2) is 0 Å². The molecule has 0 bridgehead atoms. The van der Waals surface area contributed by atoms with Crippen molar-refractivity contribution in [3.8, 4) is 0 Å². The summed E-state index contributed by atoms with van der Waals surface area (Å²) in [5.74, 6) is -0.296. The molecule has 0 aliphatic carbocycles. The SMILES string of the molecule is CC(C)=C(C)C(=O)N=C=S. The lowest BCUT2D eigenvalue weighted by molar-refractivity contribution is -0.114. The first kappa shape index (κ1) is 9.21. The molecule has 0 aromatic carbocycles. The molecule has 0 radical (unpaired) electrons. The van der Waals surface area contributed by atoms with E-state index in [1.54, 1.807) is 6.92 Å². The average molecular weight is 155 g/mol. The molecule has 10 heavy (non-hydrogen) atoms. The molecule has 1 amide bonds. The molecule has 0 rings (SSSR count). The molecule has 0 saturated heterocycles. The smallest absolute Gasteiger partial charge is 0.266 e. The molecular formula is C7H9NOS. The molecule has 0 aromatic rings. The molecule has 0 spiro atoms. The summed E-state index contributed by atoms with van der Waals surface area (Å²) in [6.45, 7) is 5.42. The van der Waals surface area contributed by atoms with E-state index >= 15 is 0 Å². The van der Waals surface area contributed by atoms with Crippen LogP contribution in [-0.2, 0) is 4.79 Å². The Labute approximate surface area is 65.7 Å². The molecule has 2 nitrogen and oxygen atoms in total. The predicted octanol–water partition coefficient (Wildman–Crippen LogP) is 1.97. The Morgan fingerprint density at radius 1 is 1.40 bits per heavy atom. The molecule has 0 aliphatic heterocycles. The van der Waals surface area contributed by atoms with Crippen LogP contribution in [0.15, 0.2) is 16.1 Å². The molecular weight excluding hydrogens is 146 g/mol. The fraction of sp³-hybridized carbons (Fsp3) is 0.429. The second-order valence-electron chi connectivity index (χ2n) is 2.13. The fourth-order valence-corrected chi connectivity index (χ4v) is 0.422. The van der Waals surface area contributed by atoms with Crippen LogP contribution in [0.1, 0.15) is 20.8 Å². The zero-order valence-corrected chi connectivity index (χ0v) is 7.08. The highest BCUT2D eigenvalue weighted by atomic mass is 32.1. The molecule has 0 unspecified atom stereocenters. The van der Waals surface area contributed by atoms with Gasteiger partial charge in [-0.3, -0.25) is 4.79 Å². The Hall–Kier alpha value is -0.790. The normalized spacial score (nSPS) is 7.90. The number of aliphatic imine (C=N–C) groups is 1. The van der Waals surface area contributed by atoms with E-state index in [1.807, 2.05) is 19.0 Å². The highest BCUT2D eigenvalue weighted by molar-refractivity contribution is 7.78. The largest absolute Gasteiger partial charge is 0.281 e. The molecule has 0 N–H and O–H groups in total. The number of carbonyl (C=O) groups excluding carboxylic acids is 1. The fourth-order valence-electron chi connectivity index (χ4n) is 0.339. The number of rotatable bonds is 1. The summed E-state index contributed by atoms with van der Waals surface area (Å²) >= 11 is 4.27. The van der Waals surface area contributed by atoms with Crippen molar-refractivity contribution in [1.82, 2.24) is 0 Å². The van der Waals surface area contributed by atoms with Crippen LogP contribution in [0.25, 0.3) is 0 Å². The van der Waals surface area contributed by atoms with Crippen LogP contribution in [0.4, 0.5) is 0 Å². The third-order valence-corrected chi connectivity index (χ3v) is 1.31. The van der Waals surface area contributed by atoms with Crippen molar-refractivity contribution in [1.29, 1.82) is 0 Å². The Bertz CT molecular complexity index is 220. The van der Waals surface area contributed by atoms with Gasteiger partial charge in [0.25, 0.3) is 5.91 Å². The van der Waals surface area contributed by atoms with E-state index in [-0.39, 0.29) is 5.91 Å². The van der Waals surface area contributed by atoms with Gasteiger partial charge in [0.05, 0.1) is 5.16 Å². The summed E-state index contributed by atoms with van der Waals surface area (Å²) in [5.41, 5.74) is 1.59. The Morgan fingerprint density at radius 2 is 1.90 bits per heavy atom. The molecule has 0 heterocycles. The van der Waals surface area contributed by atoms with Gasteiger partial charge in [-0.05, 0) is 33.0 Å². The first-order valence-corrected chi connectivity index (χ1v) is 3.26. The summed E-state index contributed by atoms with van der Waals surface area (Å²) in [7, 11) is 0. The zero-order valence-electron chi connectivity index (χ0n) is 6.26. The topological polar surface area (TPSA) is 29.4 Å². The molecule has 0 fully saturated rings. The number of hydrogen-bond acceptors (Lipinski definition) is 2. The van der Waals surface area contributed by atoms with Crippen molar-refractivity contribution < 1.29 is 4.79 Å². The van der Waals surface area contributed by atoms with Crippen LogP contribution in [0.3, 0.4) is 0 Å². The van der Waals surface area contributed by atoms with E-state index in [0.717, 1.165) is 5.57 Å². The number of carbonyl (C=O) groups is 1. The quantitative estimate of drug-likeness (QED) is 0.329. The maximum absolute atomic E-state index is 10.8. The lowest BCUT2D eigenvalue weighted by Gasteiger charge is -1.93. The van der Waals surface area contributed by atoms with Gasteiger partial charge in [0.1, 0.15) is 0 Å². The minimum Gasteiger partial charge on any atom is -0.266 e.